The predicted molar refractivity (Wildman–Crippen MR) is 99.9 cm³/mol. The second-order valence-electron chi connectivity index (χ2n) is 7.14. The third-order valence-electron chi connectivity index (χ3n) is 5.30. The maximum atomic E-state index is 12.5. The average Bonchev–Trinajstić information content (AvgIpc) is 2.55. The van der Waals surface area contributed by atoms with Gasteiger partial charge in [0.2, 0.25) is 10.0 Å². The Morgan fingerprint density at radius 1 is 1.22 bits per heavy atom. The molecule has 1 aromatic rings. The summed E-state index contributed by atoms with van der Waals surface area (Å²) in [4.78, 5) is 26.5. The van der Waals surface area contributed by atoms with Gasteiger partial charge < -0.3 is 10.0 Å². The van der Waals surface area contributed by atoms with Crippen LogP contribution in [0.25, 0.3) is 0 Å². The summed E-state index contributed by atoms with van der Waals surface area (Å²) in [6, 6.07) is 8.74. The number of carboxylic acid groups (broad SMARTS) is 1. The number of nitrogens with zero attached hydrogens (tertiary/aromatic N) is 2. The fourth-order valence-electron chi connectivity index (χ4n) is 3.55. The van der Waals surface area contributed by atoms with E-state index in [1.807, 2.05) is 17.9 Å². The number of benzene rings is 1. The van der Waals surface area contributed by atoms with Crippen molar-refractivity contribution in [3.8, 4) is 0 Å². The number of likely N-dealkylation sites (tertiary alicyclic amines) is 1. The monoisotopic (exact) mass is 395 g/mol. The Morgan fingerprint density at radius 2 is 1.85 bits per heavy atom. The number of likely N-dealkylation sites (N-methyl/N-ethyl adjacent to an activating group) is 1. The smallest absolute Gasteiger partial charge is 0.317 e. The van der Waals surface area contributed by atoms with E-state index in [1.54, 1.807) is 24.3 Å². The first-order chi connectivity index (χ1) is 12.8. The van der Waals surface area contributed by atoms with Crippen molar-refractivity contribution in [3.05, 3.63) is 35.9 Å². The lowest BCUT2D eigenvalue weighted by Gasteiger charge is -2.44. The number of hydrogen-bond donors (Lipinski definition) is 2. The molecule has 2 aliphatic rings. The second-order valence-corrected chi connectivity index (χ2v) is 9.13. The van der Waals surface area contributed by atoms with Crippen molar-refractivity contribution in [3.63, 3.8) is 0 Å². The number of nitrogens with one attached hydrogen (secondary N) is 1. The summed E-state index contributed by atoms with van der Waals surface area (Å²) >= 11 is 0. The highest BCUT2D eigenvalue weighted by atomic mass is 32.2. The van der Waals surface area contributed by atoms with Crippen LogP contribution in [0.4, 0.5) is 0 Å². The standard InChI is InChI=1S/C18H25N3O5S/c1-2-20(12-17(22)23)15-8-14(9-15)19-27(25,26)16-10-21(11-16)18(24)13-6-4-3-5-7-13/h3-7,14-16,19H,2,8-12H2,1H3,(H,22,23). The molecule has 2 fully saturated rings. The number of aliphatic carboxylic acids is 1. The molecule has 9 heteroatoms. The van der Waals surface area contributed by atoms with Crippen LogP contribution in [-0.4, -0.2) is 78.7 Å². The number of hydrogen-bond acceptors (Lipinski definition) is 5. The van der Waals surface area contributed by atoms with Gasteiger partial charge in [0.15, 0.2) is 0 Å². The zero-order valence-electron chi connectivity index (χ0n) is 15.2. The molecule has 1 aromatic carbocycles. The Kier molecular flexibility index (Phi) is 5.83. The van der Waals surface area contributed by atoms with E-state index in [2.05, 4.69) is 4.72 Å². The van der Waals surface area contributed by atoms with E-state index in [-0.39, 0.29) is 37.6 Å². The Balaban J connectivity index is 1.46. The first-order valence-electron chi connectivity index (χ1n) is 9.11. The van der Waals surface area contributed by atoms with Crippen molar-refractivity contribution in [2.45, 2.75) is 37.1 Å². The van der Waals surface area contributed by atoms with Crippen molar-refractivity contribution >= 4 is 21.9 Å². The van der Waals surface area contributed by atoms with Crippen LogP contribution in [0.15, 0.2) is 30.3 Å². The van der Waals surface area contributed by atoms with Gasteiger partial charge in [0.1, 0.15) is 5.25 Å². The summed E-state index contributed by atoms with van der Waals surface area (Å²) in [6.07, 6.45) is 1.22. The van der Waals surface area contributed by atoms with Gasteiger partial charge in [-0.25, -0.2) is 13.1 Å². The van der Waals surface area contributed by atoms with E-state index >= 15 is 0 Å². The van der Waals surface area contributed by atoms with Gasteiger partial charge in [-0.05, 0) is 31.5 Å². The van der Waals surface area contributed by atoms with Gasteiger partial charge in [0.25, 0.3) is 5.91 Å². The topological polar surface area (TPSA) is 107 Å². The molecule has 0 bridgehead atoms. The molecule has 0 unspecified atom stereocenters. The molecule has 2 N–H and O–H groups in total. The molecule has 0 aromatic heterocycles. The normalized spacial score (nSPS) is 23.0. The molecule has 3 rings (SSSR count). The maximum absolute atomic E-state index is 12.5. The van der Waals surface area contributed by atoms with Crippen LogP contribution in [0, 0.1) is 0 Å². The van der Waals surface area contributed by atoms with E-state index in [0.717, 1.165) is 0 Å². The lowest BCUT2D eigenvalue weighted by Crippen LogP contribution is -2.62. The van der Waals surface area contributed by atoms with Crippen molar-refractivity contribution in [2.75, 3.05) is 26.2 Å². The van der Waals surface area contributed by atoms with Gasteiger partial charge in [-0.1, -0.05) is 25.1 Å². The molecular formula is C18H25N3O5S. The zero-order chi connectivity index (χ0) is 19.6. The summed E-state index contributed by atoms with van der Waals surface area (Å²) in [5.74, 6) is -1.03. The van der Waals surface area contributed by atoms with Crippen LogP contribution in [0.3, 0.4) is 0 Å². The molecule has 148 valence electrons. The minimum absolute atomic E-state index is 0.0280. The van der Waals surface area contributed by atoms with Crippen molar-refractivity contribution < 1.29 is 23.1 Å². The molecule has 1 aliphatic carbocycles. The highest BCUT2D eigenvalue weighted by molar-refractivity contribution is 7.90. The van der Waals surface area contributed by atoms with Crippen LogP contribution in [0.1, 0.15) is 30.1 Å². The number of sulfonamides is 1. The van der Waals surface area contributed by atoms with Gasteiger partial charge in [-0.15, -0.1) is 0 Å². The average molecular weight is 395 g/mol. The van der Waals surface area contributed by atoms with E-state index < -0.39 is 21.2 Å². The minimum atomic E-state index is -3.49. The highest BCUT2D eigenvalue weighted by Crippen LogP contribution is 2.28. The molecule has 27 heavy (non-hydrogen) atoms. The number of carbonyl (C=O) groups is 2. The Bertz CT molecular complexity index is 786. The van der Waals surface area contributed by atoms with Gasteiger partial charge in [0.05, 0.1) is 6.54 Å². The van der Waals surface area contributed by atoms with Crippen LogP contribution in [0.5, 0.6) is 0 Å². The molecule has 1 saturated heterocycles. The molecule has 1 saturated carbocycles. The van der Waals surface area contributed by atoms with Crippen LogP contribution < -0.4 is 4.72 Å². The number of carbonyl (C=O) groups excluding carboxylic acids is 1. The van der Waals surface area contributed by atoms with Crippen LogP contribution >= 0.6 is 0 Å². The lowest BCUT2D eigenvalue weighted by atomic mass is 9.86. The molecule has 1 amide bonds. The quantitative estimate of drug-likeness (QED) is 0.659. The van der Waals surface area contributed by atoms with Gasteiger partial charge in [-0.2, -0.15) is 0 Å². The van der Waals surface area contributed by atoms with E-state index in [4.69, 9.17) is 5.11 Å². The Labute approximate surface area is 159 Å². The third kappa shape index (κ3) is 4.48. The van der Waals surface area contributed by atoms with Crippen LogP contribution in [-0.2, 0) is 14.8 Å². The maximum Gasteiger partial charge on any atom is 0.317 e. The fraction of sp³-hybridized carbons (Fsp3) is 0.556. The van der Waals surface area contributed by atoms with E-state index in [1.165, 1.54) is 4.90 Å². The Morgan fingerprint density at radius 3 is 2.41 bits per heavy atom. The summed E-state index contributed by atoms with van der Waals surface area (Å²) < 4.78 is 27.7. The molecule has 0 radical (unpaired) electrons. The largest absolute Gasteiger partial charge is 0.480 e. The fourth-order valence-corrected chi connectivity index (χ4v) is 5.15. The molecule has 8 nitrogen and oxygen atoms in total. The number of rotatable bonds is 8. The molecule has 1 aliphatic heterocycles. The Hall–Kier alpha value is -1.97. The second kappa shape index (κ2) is 7.95. The van der Waals surface area contributed by atoms with Crippen molar-refractivity contribution in [1.82, 2.24) is 14.5 Å². The zero-order valence-corrected chi connectivity index (χ0v) is 16.1. The summed E-state index contributed by atoms with van der Waals surface area (Å²) in [5.41, 5.74) is 0.557. The first kappa shape index (κ1) is 19.8. The van der Waals surface area contributed by atoms with Crippen molar-refractivity contribution in [1.29, 1.82) is 0 Å². The van der Waals surface area contributed by atoms with E-state index in [9.17, 15) is 18.0 Å². The molecule has 0 spiro atoms. The lowest BCUT2D eigenvalue weighted by molar-refractivity contribution is -0.139. The molecular weight excluding hydrogens is 370 g/mol. The minimum Gasteiger partial charge on any atom is -0.480 e. The number of amides is 1. The van der Waals surface area contributed by atoms with Gasteiger partial charge in [0, 0.05) is 30.7 Å². The van der Waals surface area contributed by atoms with Gasteiger partial charge >= 0.3 is 5.97 Å². The molecule has 0 atom stereocenters. The highest BCUT2D eigenvalue weighted by Gasteiger charge is 2.43. The molecule has 1 heterocycles. The van der Waals surface area contributed by atoms with Crippen LogP contribution in [0.2, 0.25) is 0 Å². The SMILES string of the molecule is CCN(CC(=O)O)C1CC(NS(=O)(=O)C2CN(C(=O)c3ccccc3)C2)C1. The third-order valence-corrected chi connectivity index (χ3v) is 7.14. The summed E-state index contributed by atoms with van der Waals surface area (Å²) in [5, 5.41) is 8.32. The van der Waals surface area contributed by atoms with Crippen molar-refractivity contribution in [2.24, 2.45) is 0 Å². The summed E-state index contributed by atoms with van der Waals surface area (Å²) in [7, 11) is -3.49. The summed E-state index contributed by atoms with van der Waals surface area (Å²) in [6.45, 7) is 2.88. The number of carboxylic acids is 1. The first-order valence-corrected chi connectivity index (χ1v) is 10.7. The predicted octanol–water partition coefficient (Wildman–Crippen LogP) is 0.368. The van der Waals surface area contributed by atoms with Gasteiger partial charge in [-0.3, -0.25) is 14.5 Å². The van der Waals surface area contributed by atoms with E-state index in [0.29, 0.717) is 24.9 Å².